The number of rotatable bonds is 0. The van der Waals surface area contributed by atoms with E-state index in [9.17, 15) is 0 Å². The van der Waals surface area contributed by atoms with E-state index < -0.39 is 0 Å². The quantitative estimate of drug-likeness (QED) is 0.554. The van der Waals surface area contributed by atoms with E-state index in [2.05, 4.69) is 22.0 Å². The van der Waals surface area contributed by atoms with Crippen molar-refractivity contribution in [2.45, 2.75) is 13.8 Å². The Morgan fingerprint density at radius 3 is 2.20 bits per heavy atom. The Bertz CT molecular complexity index is 229. The summed E-state index contributed by atoms with van der Waals surface area (Å²) in [4.78, 5) is 0. The molecule has 0 N–H and O–H groups in total. The van der Waals surface area contributed by atoms with E-state index in [0.717, 1.165) is 15.5 Å². The molecule has 2 heteroatoms. The zero-order valence-corrected chi connectivity index (χ0v) is 7.70. The molecule has 10 heavy (non-hydrogen) atoms. The van der Waals surface area contributed by atoms with Crippen molar-refractivity contribution in [3.05, 3.63) is 27.7 Å². The molecular weight excluding hydrogens is 187 g/mol. The lowest BCUT2D eigenvalue weighted by atomic mass is 9.90. The van der Waals surface area contributed by atoms with Gasteiger partial charge in [-0.3, -0.25) is 0 Å². The first-order chi connectivity index (χ1) is 4.63. The first-order valence-electron chi connectivity index (χ1n) is 3.14. The molecule has 0 unspecified atom stereocenters. The lowest BCUT2D eigenvalue weighted by Crippen LogP contribution is -2.09. The van der Waals surface area contributed by atoms with Gasteiger partial charge in [-0.05, 0) is 19.4 Å². The number of hydrogen-bond acceptors (Lipinski definition) is 0. The Morgan fingerprint density at radius 2 is 1.70 bits per heavy atom. The fourth-order valence-corrected chi connectivity index (χ4v) is 1.24. The van der Waals surface area contributed by atoms with Gasteiger partial charge in [-0.1, -0.05) is 39.1 Å². The van der Waals surface area contributed by atoms with Gasteiger partial charge in [0.15, 0.2) is 0 Å². The maximum atomic E-state index is 5.74. The van der Waals surface area contributed by atoms with E-state index in [4.69, 9.17) is 7.85 Å². The molecule has 2 radical (unpaired) electrons. The van der Waals surface area contributed by atoms with Crippen molar-refractivity contribution in [2.24, 2.45) is 0 Å². The molecule has 0 aromatic heterocycles. The van der Waals surface area contributed by atoms with Crippen molar-refractivity contribution in [2.75, 3.05) is 0 Å². The summed E-state index contributed by atoms with van der Waals surface area (Å²) in [5, 5.41) is 0. The van der Waals surface area contributed by atoms with Gasteiger partial charge >= 0.3 is 0 Å². The standard InChI is InChI=1S/C8H8BBr/c1-5-3-4-6(2)8(10)7(5)9/h3-4H,1-2H3. The van der Waals surface area contributed by atoms with Crippen LogP contribution in [0, 0.1) is 13.8 Å². The number of halogens is 1. The van der Waals surface area contributed by atoms with Crippen LogP contribution in [0.3, 0.4) is 0 Å². The van der Waals surface area contributed by atoms with Gasteiger partial charge in [-0.25, -0.2) is 0 Å². The molecule has 0 aliphatic heterocycles. The average Bonchev–Trinajstić information content (AvgIpc) is 1.93. The first kappa shape index (κ1) is 7.87. The minimum absolute atomic E-state index is 0.847. The fourth-order valence-electron chi connectivity index (χ4n) is 0.798. The maximum Gasteiger partial charge on any atom is 0.115 e. The third-order valence-corrected chi connectivity index (χ3v) is 2.64. The van der Waals surface area contributed by atoms with E-state index >= 15 is 0 Å². The SMILES string of the molecule is [B]c1c(C)ccc(C)c1Br. The third kappa shape index (κ3) is 1.26. The van der Waals surface area contributed by atoms with Crippen molar-refractivity contribution in [1.29, 1.82) is 0 Å². The highest BCUT2D eigenvalue weighted by atomic mass is 79.9. The van der Waals surface area contributed by atoms with Crippen molar-refractivity contribution in [1.82, 2.24) is 0 Å². The van der Waals surface area contributed by atoms with Gasteiger partial charge in [0.05, 0.1) is 0 Å². The van der Waals surface area contributed by atoms with Crippen LogP contribution in [-0.4, -0.2) is 7.85 Å². The average molecular weight is 195 g/mol. The summed E-state index contributed by atoms with van der Waals surface area (Å²) >= 11 is 3.40. The van der Waals surface area contributed by atoms with Crippen LogP contribution in [0.1, 0.15) is 11.1 Å². The second-order valence-corrected chi connectivity index (χ2v) is 3.22. The molecule has 1 rings (SSSR count). The molecule has 0 aliphatic rings. The summed E-state index contributed by atoms with van der Waals surface area (Å²) in [5.74, 6) is 0. The Morgan fingerprint density at radius 1 is 1.20 bits per heavy atom. The Kier molecular flexibility index (Phi) is 2.19. The van der Waals surface area contributed by atoms with Crippen LogP contribution in [0.2, 0.25) is 0 Å². The maximum absolute atomic E-state index is 5.74. The lowest BCUT2D eigenvalue weighted by molar-refractivity contribution is 1.40. The van der Waals surface area contributed by atoms with Crippen molar-refractivity contribution in [3.63, 3.8) is 0 Å². The first-order valence-corrected chi connectivity index (χ1v) is 3.93. The Balaban J connectivity index is 3.34. The van der Waals surface area contributed by atoms with Gasteiger partial charge in [-0.15, -0.1) is 0 Å². The van der Waals surface area contributed by atoms with Gasteiger partial charge in [0, 0.05) is 4.47 Å². The predicted molar refractivity (Wildman–Crippen MR) is 49.0 cm³/mol. The highest BCUT2D eigenvalue weighted by Gasteiger charge is 1.98. The molecule has 0 amide bonds. The molecule has 0 heterocycles. The number of aryl methyl sites for hydroxylation is 2. The number of benzene rings is 1. The molecule has 0 bridgehead atoms. The van der Waals surface area contributed by atoms with Crippen molar-refractivity contribution >= 4 is 29.2 Å². The Labute approximate surface area is 71.2 Å². The molecule has 50 valence electrons. The minimum Gasteiger partial charge on any atom is -0.0796 e. The van der Waals surface area contributed by atoms with E-state index in [0.29, 0.717) is 0 Å². The predicted octanol–water partition coefficient (Wildman–Crippen LogP) is 1.86. The zero-order chi connectivity index (χ0) is 7.72. The largest absolute Gasteiger partial charge is 0.115 e. The molecule has 0 saturated heterocycles. The second-order valence-electron chi connectivity index (χ2n) is 2.43. The molecule has 0 fully saturated rings. The van der Waals surface area contributed by atoms with E-state index in [1.165, 1.54) is 5.56 Å². The van der Waals surface area contributed by atoms with Crippen LogP contribution in [0.25, 0.3) is 0 Å². The zero-order valence-electron chi connectivity index (χ0n) is 6.11. The molecular formula is C8H8BBr. The molecule has 0 saturated carbocycles. The summed E-state index contributed by atoms with van der Waals surface area (Å²) in [6.07, 6.45) is 0. The highest BCUT2D eigenvalue weighted by Crippen LogP contribution is 2.13. The molecule has 1 aromatic carbocycles. The smallest absolute Gasteiger partial charge is 0.0796 e. The minimum atomic E-state index is 0.847. The van der Waals surface area contributed by atoms with E-state index in [-0.39, 0.29) is 0 Å². The van der Waals surface area contributed by atoms with E-state index in [1.807, 2.05) is 19.9 Å². The summed E-state index contributed by atoms with van der Waals surface area (Å²) in [6, 6.07) is 4.07. The van der Waals surface area contributed by atoms with Crippen molar-refractivity contribution in [3.8, 4) is 0 Å². The highest BCUT2D eigenvalue weighted by molar-refractivity contribution is 9.10. The molecule has 0 nitrogen and oxygen atoms in total. The number of hydrogen-bond donors (Lipinski definition) is 0. The van der Waals surface area contributed by atoms with Crippen molar-refractivity contribution < 1.29 is 0 Å². The topological polar surface area (TPSA) is 0 Å². The van der Waals surface area contributed by atoms with Gasteiger partial charge < -0.3 is 0 Å². The van der Waals surface area contributed by atoms with Gasteiger partial charge in [0.25, 0.3) is 0 Å². The normalized spacial score (nSPS) is 9.90. The summed E-state index contributed by atoms with van der Waals surface area (Å²) < 4.78 is 1.02. The van der Waals surface area contributed by atoms with Gasteiger partial charge in [0.2, 0.25) is 0 Å². The molecule has 0 aliphatic carbocycles. The van der Waals surface area contributed by atoms with Crippen LogP contribution >= 0.6 is 15.9 Å². The van der Waals surface area contributed by atoms with Crippen LogP contribution < -0.4 is 5.46 Å². The van der Waals surface area contributed by atoms with Gasteiger partial charge in [-0.2, -0.15) is 0 Å². The molecule has 0 spiro atoms. The van der Waals surface area contributed by atoms with Crippen LogP contribution in [0.5, 0.6) is 0 Å². The van der Waals surface area contributed by atoms with Gasteiger partial charge in [0.1, 0.15) is 7.85 Å². The summed E-state index contributed by atoms with van der Waals surface area (Å²) in [7, 11) is 5.74. The van der Waals surface area contributed by atoms with E-state index in [1.54, 1.807) is 0 Å². The molecule has 0 atom stereocenters. The second kappa shape index (κ2) is 2.79. The summed E-state index contributed by atoms with van der Waals surface area (Å²) in [6.45, 7) is 4.03. The molecule has 1 aromatic rings. The van der Waals surface area contributed by atoms with Crippen LogP contribution in [-0.2, 0) is 0 Å². The fraction of sp³-hybridized carbons (Fsp3) is 0.250. The Hall–Kier alpha value is -0.235. The summed E-state index contributed by atoms with van der Waals surface area (Å²) in [5.41, 5.74) is 3.15. The van der Waals surface area contributed by atoms with Crippen LogP contribution in [0.4, 0.5) is 0 Å². The third-order valence-electron chi connectivity index (χ3n) is 1.59. The lowest BCUT2D eigenvalue weighted by Gasteiger charge is -2.05. The van der Waals surface area contributed by atoms with Crippen LogP contribution in [0.15, 0.2) is 16.6 Å². The monoisotopic (exact) mass is 194 g/mol.